The second kappa shape index (κ2) is 6.31. The van der Waals surface area contributed by atoms with Crippen molar-refractivity contribution in [2.45, 2.75) is 26.4 Å². The summed E-state index contributed by atoms with van der Waals surface area (Å²) in [5, 5.41) is 2.11. The minimum absolute atomic E-state index is 0.711. The highest BCUT2D eigenvalue weighted by atomic mass is 32.2. The SMILES string of the molecule is Cc1cc2c3c(c1)c1c(n3CC(c3ccc(NS(=O)O)s3)=C2)CCN(C)C1. The van der Waals surface area contributed by atoms with Gasteiger partial charge in [0.15, 0.2) is 0 Å². The summed E-state index contributed by atoms with van der Waals surface area (Å²) in [7, 11) is 2.19. The van der Waals surface area contributed by atoms with E-state index in [9.17, 15) is 4.21 Å². The van der Waals surface area contributed by atoms with E-state index in [2.05, 4.69) is 46.4 Å². The third-order valence-corrected chi connectivity index (χ3v) is 7.08. The number of fused-ring (bicyclic) bond motifs is 3. The van der Waals surface area contributed by atoms with E-state index in [1.165, 1.54) is 50.2 Å². The van der Waals surface area contributed by atoms with Gasteiger partial charge in [0.1, 0.15) is 5.00 Å². The van der Waals surface area contributed by atoms with Crippen molar-refractivity contribution in [2.24, 2.45) is 0 Å². The average molecular weight is 400 g/mol. The van der Waals surface area contributed by atoms with Crippen LogP contribution in [0.1, 0.15) is 27.3 Å². The molecular formula is C20H21N3O2S2. The van der Waals surface area contributed by atoms with E-state index in [0.717, 1.165) is 30.9 Å². The first-order valence-electron chi connectivity index (χ1n) is 9.01. The number of anilines is 1. The van der Waals surface area contributed by atoms with Crippen molar-refractivity contribution in [2.75, 3.05) is 18.3 Å². The lowest BCUT2D eigenvalue weighted by atomic mass is 9.99. The van der Waals surface area contributed by atoms with Gasteiger partial charge in [-0.15, -0.1) is 11.3 Å². The van der Waals surface area contributed by atoms with E-state index < -0.39 is 11.3 Å². The fourth-order valence-electron chi connectivity index (χ4n) is 4.39. The Balaban J connectivity index is 1.64. The molecule has 2 aliphatic heterocycles. The minimum atomic E-state index is -2.04. The number of thiophene rings is 1. The number of nitrogens with zero attached hydrogens (tertiary/aromatic N) is 2. The molecule has 0 amide bonds. The van der Waals surface area contributed by atoms with Gasteiger partial charge in [-0.2, -0.15) is 0 Å². The van der Waals surface area contributed by atoms with Gasteiger partial charge in [-0.05, 0) is 66.6 Å². The van der Waals surface area contributed by atoms with Gasteiger partial charge in [0.05, 0.1) is 5.52 Å². The van der Waals surface area contributed by atoms with E-state index in [1.54, 1.807) is 0 Å². The topological polar surface area (TPSA) is 57.5 Å². The molecule has 0 fully saturated rings. The molecule has 7 heteroatoms. The Morgan fingerprint density at radius 3 is 2.93 bits per heavy atom. The number of benzene rings is 1. The van der Waals surface area contributed by atoms with Crippen LogP contribution in [0.15, 0.2) is 24.3 Å². The van der Waals surface area contributed by atoms with E-state index in [-0.39, 0.29) is 0 Å². The number of likely N-dealkylation sites (N-methyl/N-ethyl adjacent to an activating group) is 1. The summed E-state index contributed by atoms with van der Waals surface area (Å²) in [4.78, 5) is 3.53. The van der Waals surface area contributed by atoms with E-state index in [1.807, 2.05) is 12.1 Å². The molecule has 2 N–H and O–H groups in total. The number of hydrogen-bond donors (Lipinski definition) is 2. The molecule has 2 aromatic heterocycles. The molecule has 0 spiro atoms. The number of nitrogens with one attached hydrogen (secondary N) is 1. The lowest BCUT2D eigenvalue weighted by molar-refractivity contribution is 0.310. The van der Waals surface area contributed by atoms with Crippen molar-refractivity contribution in [3.8, 4) is 0 Å². The van der Waals surface area contributed by atoms with Crippen LogP contribution < -0.4 is 4.72 Å². The summed E-state index contributed by atoms with van der Waals surface area (Å²) in [6, 6.07) is 8.50. The lowest BCUT2D eigenvalue weighted by Crippen LogP contribution is -2.27. The zero-order valence-corrected chi connectivity index (χ0v) is 16.9. The highest BCUT2D eigenvalue weighted by Gasteiger charge is 2.26. The Labute approximate surface area is 164 Å². The van der Waals surface area contributed by atoms with Crippen molar-refractivity contribution < 1.29 is 8.76 Å². The highest BCUT2D eigenvalue weighted by Crippen LogP contribution is 2.40. The summed E-state index contributed by atoms with van der Waals surface area (Å²) in [5.41, 5.74) is 8.11. The second-order valence-electron chi connectivity index (χ2n) is 7.43. The van der Waals surface area contributed by atoms with Crippen molar-refractivity contribution in [3.63, 3.8) is 0 Å². The summed E-state index contributed by atoms with van der Waals surface area (Å²) >= 11 is -0.516. The van der Waals surface area contributed by atoms with Crippen LogP contribution in [0.3, 0.4) is 0 Å². The van der Waals surface area contributed by atoms with Crippen molar-refractivity contribution in [1.29, 1.82) is 0 Å². The van der Waals surface area contributed by atoms with Crippen molar-refractivity contribution in [3.05, 3.63) is 51.5 Å². The molecule has 3 aromatic rings. The number of rotatable bonds is 3. The van der Waals surface area contributed by atoms with Crippen LogP contribution in [0.4, 0.5) is 5.00 Å². The molecule has 1 unspecified atom stereocenters. The Morgan fingerprint density at radius 2 is 2.11 bits per heavy atom. The quantitative estimate of drug-likeness (QED) is 0.652. The van der Waals surface area contributed by atoms with E-state index in [0.29, 0.717) is 5.00 Å². The Hall–Kier alpha value is -1.93. The van der Waals surface area contributed by atoms with Gasteiger partial charge in [-0.3, -0.25) is 9.27 Å². The molecule has 1 atom stereocenters. The summed E-state index contributed by atoms with van der Waals surface area (Å²) in [6.45, 7) is 5.12. The minimum Gasteiger partial charge on any atom is -0.339 e. The highest BCUT2D eigenvalue weighted by molar-refractivity contribution is 7.80. The first-order valence-corrected chi connectivity index (χ1v) is 10.9. The maximum absolute atomic E-state index is 11.0. The molecule has 4 heterocycles. The first-order chi connectivity index (χ1) is 13.0. The lowest BCUT2D eigenvalue weighted by Gasteiger charge is -2.25. The van der Waals surface area contributed by atoms with Crippen molar-refractivity contribution >= 4 is 50.2 Å². The molecule has 0 saturated heterocycles. The maximum atomic E-state index is 11.0. The van der Waals surface area contributed by atoms with Gasteiger partial charge in [0.2, 0.25) is 0 Å². The van der Waals surface area contributed by atoms with Gasteiger partial charge in [0.25, 0.3) is 11.3 Å². The molecule has 5 nitrogen and oxygen atoms in total. The Kier molecular flexibility index (Phi) is 4.01. The molecule has 27 heavy (non-hydrogen) atoms. The Bertz CT molecular complexity index is 1130. The molecule has 0 aliphatic carbocycles. The molecular weight excluding hydrogens is 378 g/mol. The molecule has 0 radical (unpaired) electrons. The molecule has 1 aromatic carbocycles. The van der Waals surface area contributed by atoms with Crippen LogP contribution >= 0.6 is 11.3 Å². The summed E-state index contributed by atoms with van der Waals surface area (Å²) < 4.78 is 25.1. The molecule has 2 aliphatic rings. The van der Waals surface area contributed by atoms with Gasteiger partial charge in [0, 0.05) is 42.0 Å². The number of aryl methyl sites for hydroxylation is 1. The molecule has 5 rings (SSSR count). The predicted molar refractivity (Wildman–Crippen MR) is 113 cm³/mol. The Morgan fingerprint density at radius 1 is 1.26 bits per heavy atom. The molecule has 0 saturated carbocycles. The van der Waals surface area contributed by atoms with Gasteiger partial charge < -0.3 is 9.47 Å². The van der Waals surface area contributed by atoms with Crippen LogP contribution in [0.2, 0.25) is 0 Å². The molecule has 0 bridgehead atoms. The van der Waals surface area contributed by atoms with Crippen LogP contribution in [-0.4, -0.2) is 31.8 Å². The fourth-order valence-corrected chi connectivity index (χ4v) is 5.77. The zero-order valence-electron chi connectivity index (χ0n) is 15.3. The van der Waals surface area contributed by atoms with Crippen LogP contribution in [0.5, 0.6) is 0 Å². The van der Waals surface area contributed by atoms with E-state index >= 15 is 0 Å². The number of allylic oxidation sites excluding steroid dienone is 1. The third-order valence-electron chi connectivity index (χ3n) is 5.48. The zero-order chi connectivity index (χ0) is 18.7. The largest absolute Gasteiger partial charge is 0.339 e. The number of hydrogen-bond acceptors (Lipinski definition) is 3. The summed E-state index contributed by atoms with van der Waals surface area (Å²) in [5.74, 6) is 0. The third kappa shape index (κ3) is 2.86. The van der Waals surface area contributed by atoms with Crippen LogP contribution in [0, 0.1) is 6.92 Å². The van der Waals surface area contributed by atoms with Crippen LogP contribution in [-0.2, 0) is 30.8 Å². The smallest absolute Gasteiger partial charge is 0.259 e. The monoisotopic (exact) mass is 399 g/mol. The van der Waals surface area contributed by atoms with Crippen molar-refractivity contribution in [1.82, 2.24) is 9.47 Å². The van der Waals surface area contributed by atoms with Gasteiger partial charge >= 0.3 is 0 Å². The predicted octanol–water partition coefficient (Wildman–Crippen LogP) is 4.10. The normalized spacial score (nSPS) is 17.7. The first kappa shape index (κ1) is 17.2. The summed E-state index contributed by atoms with van der Waals surface area (Å²) in [6.07, 6.45) is 3.36. The molecule has 140 valence electrons. The van der Waals surface area contributed by atoms with Gasteiger partial charge in [-0.25, -0.2) is 4.21 Å². The van der Waals surface area contributed by atoms with Gasteiger partial charge in [-0.1, -0.05) is 0 Å². The maximum Gasteiger partial charge on any atom is 0.259 e. The fraction of sp³-hybridized carbons (Fsp3) is 0.300. The number of aromatic nitrogens is 1. The standard InChI is InChI=1S/C20H21N3O2S2/c1-12-7-13-9-14(18-3-4-19(26-18)21-27(24)25)10-23-17-5-6-22(2)11-16(17)15(8-12)20(13)23/h3-4,7-9,21H,5-6,10-11H2,1-2H3,(H,24,25). The van der Waals surface area contributed by atoms with Crippen LogP contribution in [0.25, 0.3) is 22.6 Å². The van der Waals surface area contributed by atoms with E-state index in [4.69, 9.17) is 4.55 Å². The second-order valence-corrected chi connectivity index (χ2v) is 9.22. The average Bonchev–Trinajstić information content (AvgIpc) is 3.18.